The number of amides is 1. The zero-order valence-corrected chi connectivity index (χ0v) is 20.7. The number of carbonyl (C=O) groups is 1. The van der Waals surface area contributed by atoms with E-state index in [1.165, 1.54) is 23.5 Å². The molecule has 1 aliphatic heterocycles. The van der Waals surface area contributed by atoms with Gasteiger partial charge in [-0.25, -0.2) is 8.42 Å². The van der Waals surface area contributed by atoms with E-state index in [0.717, 1.165) is 24.2 Å². The Balaban J connectivity index is 1.67. The number of rotatable bonds is 9. The minimum atomic E-state index is -3.75. The van der Waals surface area contributed by atoms with E-state index in [1.807, 2.05) is 29.2 Å². The smallest absolute Gasteiger partial charge is 0.258 e. The highest BCUT2D eigenvalue weighted by Gasteiger charge is 2.36. The normalized spacial score (nSPS) is 17.7. The Morgan fingerprint density at radius 1 is 1.09 bits per heavy atom. The average Bonchev–Trinajstić information content (AvgIpc) is 3.72. The van der Waals surface area contributed by atoms with Crippen molar-refractivity contribution in [3.8, 4) is 11.5 Å². The monoisotopic (exact) mass is 488 g/mol. The van der Waals surface area contributed by atoms with E-state index in [1.54, 1.807) is 13.2 Å². The lowest BCUT2D eigenvalue weighted by Gasteiger charge is -2.31. The van der Waals surface area contributed by atoms with Crippen molar-refractivity contribution in [1.82, 2.24) is 9.21 Å². The lowest BCUT2D eigenvalue weighted by molar-refractivity contribution is 0.0650. The first-order chi connectivity index (χ1) is 16.3. The Labute approximate surface area is 201 Å². The van der Waals surface area contributed by atoms with Crippen molar-refractivity contribution in [3.05, 3.63) is 53.6 Å². The molecule has 1 saturated carbocycles. The molecule has 184 valence electrons. The topological polar surface area (TPSA) is 85.4 Å². The van der Waals surface area contributed by atoms with Gasteiger partial charge in [-0.2, -0.15) is 4.31 Å². The first-order valence-corrected chi connectivity index (χ1v) is 13.0. The zero-order chi connectivity index (χ0) is 24.3. The Morgan fingerprint density at radius 2 is 1.76 bits per heavy atom. The van der Waals surface area contributed by atoms with Crippen molar-refractivity contribution in [1.29, 1.82) is 0 Å². The number of benzene rings is 2. The molecule has 0 aromatic heterocycles. The summed E-state index contributed by atoms with van der Waals surface area (Å²) in [4.78, 5) is 15.8. The van der Waals surface area contributed by atoms with Gasteiger partial charge < -0.3 is 19.1 Å². The van der Waals surface area contributed by atoms with Crippen LogP contribution in [0.3, 0.4) is 0 Å². The van der Waals surface area contributed by atoms with E-state index in [0.29, 0.717) is 44.5 Å². The molecule has 1 saturated heterocycles. The molecule has 2 aromatic carbocycles. The Morgan fingerprint density at radius 3 is 2.35 bits per heavy atom. The van der Waals surface area contributed by atoms with Crippen molar-refractivity contribution in [3.63, 3.8) is 0 Å². The molecular weight excluding hydrogens is 456 g/mol. The summed E-state index contributed by atoms with van der Waals surface area (Å²) in [6, 6.07) is 12.1. The molecule has 34 heavy (non-hydrogen) atoms. The van der Waals surface area contributed by atoms with Gasteiger partial charge in [0.15, 0.2) is 0 Å². The molecular formula is C25H32N2O6S. The Hall–Kier alpha value is -2.62. The Kier molecular flexibility index (Phi) is 7.45. The molecule has 8 nitrogen and oxygen atoms in total. The predicted molar refractivity (Wildman–Crippen MR) is 128 cm³/mol. The van der Waals surface area contributed by atoms with Crippen molar-refractivity contribution >= 4 is 15.9 Å². The Bertz CT molecular complexity index is 1110. The van der Waals surface area contributed by atoms with Gasteiger partial charge in [-0.3, -0.25) is 4.79 Å². The molecule has 0 spiro atoms. The van der Waals surface area contributed by atoms with Gasteiger partial charge in [0.05, 0.1) is 37.9 Å². The third-order valence-electron chi connectivity index (χ3n) is 6.58. The van der Waals surface area contributed by atoms with E-state index in [2.05, 4.69) is 6.92 Å². The minimum Gasteiger partial charge on any atom is -0.497 e. The van der Waals surface area contributed by atoms with E-state index in [-0.39, 0.29) is 22.4 Å². The second kappa shape index (κ2) is 10.3. The van der Waals surface area contributed by atoms with Crippen LogP contribution in [-0.4, -0.2) is 70.1 Å². The molecule has 2 aromatic rings. The molecule has 0 bridgehead atoms. The minimum absolute atomic E-state index is 0.0128. The van der Waals surface area contributed by atoms with Gasteiger partial charge in [-0.15, -0.1) is 0 Å². The van der Waals surface area contributed by atoms with Crippen LogP contribution in [0.4, 0.5) is 0 Å². The van der Waals surface area contributed by atoms with Crippen LogP contribution in [-0.2, 0) is 21.3 Å². The standard InChI is InChI=1S/C25H32N2O6S/c1-18(20-6-7-20)27(17-19-4-8-21(31-2)9-5-19)25(28)23-16-22(10-11-24(23)32-3)34(29,30)26-12-14-33-15-13-26/h4-5,8-11,16,18,20H,6-7,12-15,17H2,1-3H3. The number of hydrogen-bond acceptors (Lipinski definition) is 6. The molecule has 1 heterocycles. The summed E-state index contributed by atoms with van der Waals surface area (Å²) < 4.78 is 43.9. The number of morpholine rings is 1. The largest absolute Gasteiger partial charge is 0.497 e. The van der Waals surface area contributed by atoms with Crippen molar-refractivity contribution < 1.29 is 27.4 Å². The third-order valence-corrected chi connectivity index (χ3v) is 8.47. The summed E-state index contributed by atoms with van der Waals surface area (Å²) in [6.45, 7) is 3.76. The van der Waals surface area contributed by atoms with E-state index < -0.39 is 10.0 Å². The fourth-order valence-electron chi connectivity index (χ4n) is 4.27. The molecule has 2 fully saturated rings. The summed E-state index contributed by atoms with van der Waals surface area (Å²) in [6.07, 6.45) is 2.16. The van der Waals surface area contributed by atoms with Crippen LogP contribution in [0.1, 0.15) is 35.7 Å². The van der Waals surface area contributed by atoms with Gasteiger partial charge in [0.25, 0.3) is 5.91 Å². The molecule has 4 rings (SSSR count). The van der Waals surface area contributed by atoms with E-state index >= 15 is 0 Å². The van der Waals surface area contributed by atoms with Gasteiger partial charge in [0.2, 0.25) is 10.0 Å². The lowest BCUT2D eigenvalue weighted by Crippen LogP contribution is -2.41. The fourth-order valence-corrected chi connectivity index (χ4v) is 5.70. The van der Waals surface area contributed by atoms with Crippen LogP contribution in [0, 0.1) is 5.92 Å². The predicted octanol–water partition coefficient (Wildman–Crippen LogP) is 3.17. The van der Waals surface area contributed by atoms with Gasteiger partial charge in [0.1, 0.15) is 11.5 Å². The fraction of sp³-hybridized carbons (Fsp3) is 0.480. The molecule has 1 amide bonds. The molecule has 1 atom stereocenters. The maximum atomic E-state index is 13.9. The van der Waals surface area contributed by atoms with Gasteiger partial charge in [-0.05, 0) is 61.6 Å². The summed E-state index contributed by atoms with van der Waals surface area (Å²) in [5.41, 5.74) is 1.22. The zero-order valence-electron chi connectivity index (χ0n) is 19.9. The number of nitrogens with zero attached hydrogens (tertiary/aromatic N) is 2. The van der Waals surface area contributed by atoms with Gasteiger partial charge in [-0.1, -0.05) is 12.1 Å². The number of ether oxygens (including phenoxy) is 3. The summed E-state index contributed by atoms with van der Waals surface area (Å²) in [5, 5.41) is 0. The number of methoxy groups -OCH3 is 2. The van der Waals surface area contributed by atoms with Gasteiger partial charge in [0, 0.05) is 25.7 Å². The summed E-state index contributed by atoms with van der Waals surface area (Å²) in [5.74, 6) is 1.30. The lowest BCUT2D eigenvalue weighted by atomic mass is 10.1. The van der Waals surface area contributed by atoms with Crippen LogP contribution < -0.4 is 9.47 Å². The average molecular weight is 489 g/mol. The van der Waals surface area contributed by atoms with Crippen molar-refractivity contribution in [2.45, 2.75) is 37.2 Å². The van der Waals surface area contributed by atoms with Crippen LogP contribution in [0.15, 0.2) is 47.4 Å². The van der Waals surface area contributed by atoms with E-state index in [4.69, 9.17) is 14.2 Å². The number of carbonyl (C=O) groups excluding carboxylic acids is 1. The van der Waals surface area contributed by atoms with Crippen LogP contribution in [0.2, 0.25) is 0 Å². The quantitative estimate of drug-likeness (QED) is 0.539. The molecule has 2 aliphatic rings. The maximum Gasteiger partial charge on any atom is 0.258 e. The summed E-state index contributed by atoms with van der Waals surface area (Å²) >= 11 is 0. The molecule has 1 unspecified atom stereocenters. The number of hydrogen-bond donors (Lipinski definition) is 0. The highest BCUT2D eigenvalue weighted by atomic mass is 32.2. The summed E-state index contributed by atoms with van der Waals surface area (Å²) in [7, 11) is -0.645. The highest BCUT2D eigenvalue weighted by Crippen LogP contribution is 2.37. The van der Waals surface area contributed by atoms with Crippen molar-refractivity contribution in [2.24, 2.45) is 5.92 Å². The number of sulfonamides is 1. The first-order valence-electron chi connectivity index (χ1n) is 11.5. The van der Waals surface area contributed by atoms with Crippen molar-refractivity contribution in [2.75, 3.05) is 40.5 Å². The van der Waals surface area contributed by atoms with Crippen LogP contribution >= 0.6 is 0 Å². The molecule has 1 aliphatic carbocycles. The second-order valence-corrected chi connectivity index (χ2v) is 10.7. The molecule has 0 N–H and O–H groups in total. The van der Waals surface area contributed by atoms with Gasteiger partial charge >= 0.3 is 0 Å². The first kappa shape index (κ1) is 24.5. The second-order valence-electron chi connectivity index (χ2n) is 8.74. The maximum absolute atomic E-state index is 13.9. The molecule has 0 radical (unpaired) electrons. The highest BCUT2D eigenvalue weighted by molar-refractivity contribution is 7.89. The molecule has 9 heteroatoms. The van der Waals surface area contributed by atoms with Crippen LogP contribution in [0.25, 0.3) is 0 Å². The van der Waals surface area contributed by atoms with Crippen LogP contribution in [0.5, 0.6) is 11.5 Å². The van der Waals surface area contributed by atoms with E-state index in [9.17, 15) is 13.2 Å². The third kappa shape index (κ3) is 5.21. The SMILES string of the molecule is COc1ccc(CN(C(=O)c2cc(S(=O)(=O)N3CCOCC3)ccc2OC)C(C)C2CC2)cc1.